The van der Waals surface area contributed by atoms with Gasteiger partial charge in [0.1, 0.15) is 11.6 Å². The van der Waals surface area contributed by atoms with Gasteiger partial charge in [0.25, 0.3) is 0 Å². The number of urea groups is 1. The van der Waals surface area contributed by atoms with Crippen LogP contribution in [0.1, 0.15) is 12.5 Å². The summed E-state index contributed by atoms with van der Waals surface area (Å²) in [5.41, 5.74) is 1.82. The summed E-state index contributed by atoms with van der Waals surface area (Å²) in [6.07, 6.45) is 0.912. The average molecular weight is 276 g/mol. The Kier molecular flexibility index (Phi) is 4.30. The summed E-state index contributed by atoms with van der Waals surface area (Å²) in [6.45, 7) is 2.04. The van der Waals surface area contributed by atoms with Crippen molar-refractivity contribution in [1.82, 2.24) is 0 Å². The molecule has 104 valence electrons. The molecular formula is C15H14F2N2O. The Balaban J connectivity index is 2.01. The molecule has 0 saturated heterocycles. The standard InChI is InChI=1S/C15H14F2N2O/c1-2-10-3-5-13(6-4-10)18-15(20)19-14-8-11(16)7-12(17)9-14/h3-9H,2H2,1H3,(H2,18,19,20). The van der Waals surface area contributed by atoms with Crippen molar-refractivity contribution in [1.29, 1.82) is 0 Å². The number of aryl methyl sites for hydroxylation is 1. The van der Waals surface area contributed by atoms with Crippen LogP contribution < -0.4 is 10.6 Å². The summed E-state index contributed by atoms with van der Waals surface area (Å²) >= 11 is 0. The molecule has 20 heavy (non-hydrogen) atoms. The maximum atomic E-state index is 13.0. The number of carbonyl (C=O) groups excluding carboxylic acids is 1. The van der Waals surface area contributed by atoms with Gasteiger partial charge < -0.3 is 10.6 Å². The molecule has 0 atom stereocenters. The van der Waals surface area contributed by atoms with Crippen LogP contribution in [0.15, 0.2) is 42.5 Å². The van der Waals surface area contributed by atoms with Gasteiger partial charge >= 0.3 is 6.03 Å². The third-order valence-corrected chi connectivity index (χ3v) is 2.74. The van der Waals surface area contributed by atoms with Crippen molar-refractivity contribution in [3.63, 3.8) is 0 Å². The molecule has 2 aromatic rings. The van der Waals surface area contributed by atoms with E-state index in [9.17, 15) is 13.6 Å². The van der Waals surface area contributed by atoms with E-state index in [4.69, 9.17) is 0 Å². The van der Waals surface area contributed by atoms with E-state index in [0.717, 1.165) is 30.2 Å². The fourth-order valence-corrected chi connectivity index (χ4v) is 1.74. The second kappa shape index (κ2) is 6.14. The second-order valence-corrected chi connectivity index (χ2v) is 4.29. The monoisotopic (exact) mass is 276 g/mol. The number of rotatable bonds is 3. The predicted molar refractivity (Wildman–Crippen MR) is 74.8 cm³/mol. The highest BCUT2D eigenvalue weighted by molar-refractivity contribution is 5.99. The first-order chi connectivity index (χ1) is 9.56. The van der Waals surface area contributed by atoms with Crippen LogP contribution in [0.5, 0.6) is 0 Å². The van der Waals surface area contributed by atoms with Crippen molar-refractivity contribution in [2.45, 2.75) is 13.3 Å². The van der Waals surface area contributed by atoms with Crippen LogP contribution in [-0.4, -0.2) is 6.03 Å². The molecule has 0 aliphatic rings. The summed E-state index contributed by atoms with van der Waals surface area (Å²) in [5.74, 6) is -1.49. The van der Waals surface area contributed by atoms with Crippen molar-refractivity contribution >= 4 is 17.4 Å². The molecule has 0 spiro atoms. The Labute approximate surface area is 115 Å². The lowest BCUT2D eigenvalue weighted by Gasteiger charge is -2.08. The van der Waals surface area contributed by atoms with Gasteiger partial charge in [0.2, 0.25) is 0 Å². The fourth-order valence-electron chi connectivity index (χ4n) is 1.74. The van der Waals surface area contributed by atoms with Gasteiger partial charge in [-0.05, 0) is 36.2 Å². The van der Waals surface area contributed by atoms with Crippen LogP contribution in [0, 0.1) is 11.6 Å². The van der Waals surface area contributed by atoms with E-state index >= 15 is 0 Å². The van der Waals surface area contributed by atoms with Crippen LogP contribution in [0.2, 0.25) is 0 Å². The summed E-state index contributed by atoms with van der Waals surface area (Å²) in [7, 11) is 0. The average Bonchev–Trinajstić information content (AvgIpc) is 2.38. The molecule has 0 heterocycles. The highest BCUT2D eigenvalue weighted by Crippen LogP contribution is 2.14. The van der Waals surface area contributed by atoms with Crippen molar-refractivity contribution in [3.8, 4) is 0 Å². The lowest BCUT2D eigenvalue weighted by molar-refractivity contribution is 0.262. The van der Waals surface area contributed by atoms with Crippen molar-refractivity contribution in [2.24, 2.45) is 0 Å². The quantitative estimate of drug-likeness (QED) is 0.867. The number of anilines is 2. The normalized spacial score (nSPS) is 10.2. The summed E-state index contributed by atoms with van der Waals surface area (Å²) in [5, 5.41) is 4.96. The van der Waals surface area contributed by atoms with Crippen molar-refractivity contribution < 1.29 is 13.6 Å². The molecule has 2 rings (SSSR count). The number of hydrogen-bond donors (Lipinski definition) is 2. The fraction of sp³-hybridized carbons (Fsp3) is 0.133. The zero-order chi connectivity index (χ0) is 14.5. The zero-order valence-corrected chi connectivity index (χ0v) is 10.9. The molecule has 0 aliphatic heterocycles. The highest BCUT2D eigenvalue weighted by atomic mass is 19.1. The molecule has 0 saturated carbocycles. The van der Waals surface area contributed by atoms with Crippen LogP contribution >= 0.6 is 0 Å². The smallest absolute Gasteiger partial charge is 0.308 e. The van der Waals surface area contributed by atoms with Crippen LogP contribution in [0.3, 0.4) is 0 Å². The SMILES string of the molecule is CCc1ccc(NC(=O)Nc2cc(F)cc(F)c2)cc1. The van der Waals surface area contributed by atoms with Gasteiger partial charge in [-0.25, -0.2) is 13.6 Å². The molecule has 2 N–H and O–H groups in total. The lowest BCUT2D eigenvalue weighted by Crippen LogP contribution is -2.19. The van der Waals surface area contributed by atoms with Gasteiger partial charge in [0, 0.05) is 17.4 Å². The molecule has 0 aromatic heterocycles. The summed E-state index contributed by atoms with van der Waals surface area (Å²) < 4.78 is 26.0. The maximum Gasteiger partial charge on any atom is 0.323 e. The third kappa shape index (κ3) is 3.78. The molecule has 0 bridgehead atoms. The number of carbonyl (C=O) groups is 1. The van der Waals surface area contributed by atoms with Crippen LogP contribution in [-0.2, 0) is 6.42 Å². The number of nitrogens with one attached hydrogen (secondary N) is 2. The predicted octanol–water partition coefficient (Wildman–Crippen LogP) is 4.17. The minimum Gasteiger partial charge on any atom is -0.308 e. The molecule has 0 fully saturated rings. The minimum absolute atomic E-state index is 0.0604. The number of benzene rings is 2. The Bertz CT molecular complexity index is 592. The van der Waals surface area contributed by atoms with E-state index in [0.29, 0.717) is 5.69 Å². The van der Waals surface area contributed by atoms with E-state index in [2.05, 4.69) is 10.6 Å². The summed E-state index contributed by atoms with van der Waals surface area (Å²) in [4.78, 5) is 11.7. The largest absolute Gasteiger partial charge is 0.323 e. The first kappa shape index (κ1) is 14.0. The Hall–Kier alpha value is -2.43. The van der Waals surface area contributed by atoms with Gasteiger partial charge in [-0.15, -0.1) is 0 Å². The number of hydrogen-bond acceptors (Lipinski definition) is 1. The zero-order valence-electron chi connectivity index (χ0n) is 10.9. The second-order valence-electron chi connectivity index (χ2n) is 4.29. The van der Waals surface area contributed by atoms with Crippen LogP contribution in [0.4, 0.5) is 25.0 Å². The maximum absolute atomic E-state index is 13.0. The van der Waals surface area contributed by atoms with Gasteiger partial charge in [-0.3, -0.25) is 0 Å². The Morgan fingerprint density at radius 2 is 1.50 bits per heavy atom. The lowest BCUT2D eigenvalue weighted by atomic mass is 10.1. The molecule has 0 unspecified atom stereocenters. The molecule has 2 aromatic carbocycles. The summed E-state index contributed by atoms with van der Waals surface area (Å²) in [6, 6.07) is 9.61. The van der Waals surface area contributed by atoms with Crippen LogP contribution in [0.25, 0.3) is 0 Å². The van der Waals surface area contributed by atoms with E-state index in [1.54, 1.807) is 12.1 Å². The molecular weight excluding hydrogens is 262 g/mol. The molecule has 2 amide bonds. The minimum atomic E-state index is -0.743. The molecule has 0 aliphatic carbocycles. The topological polar surface area (TPSA) is 41.1 Å². The molecule has 3 nitrogen and oxygen atoms in total. The Morgan fingerprint density at radius 1 is 0.950 bits per heavy atom. The van der Waals surface area contributed by atoms with Gasteiger partial charge in [0.05, 0.1) is 0 Å². The first-order valence-electron chi connectivity index (χ1n) is 6.20. The van der Waals surface area contributed by atoms with E-state index < -0.39 is 17.7 Å². The van der Waals surface area contributed by atoms with E-state index in [1.807, 2.05) is 19.1 Å². The van der Waals surface area contributed by atoms with E-state index in [1.165, 1.54) is 0 Å². The van der Waals surface area contributed by atoms with Gasteiger partial charge in [0.15, 0.2) is 0 Å². The highest BCUT2D eigenvalue weighted by Gasteiger charge is 2.05. The molecule has 5 heteroatoms. The van der Waals surface area contributed by atoms with Crippen molar-refractivity contribution in [3.05, 3.63) is 59.7 Å². The van der Waals surface area contributed by atoms with Gasteiger partial charge in [-0.1, -0.05) is 19.1 Å². The Morgan fingerprint density at radius 3 is 2.05 bits per heavy atom. The van der Waals surface area contributed by atoms with E-state index in [-0.39, 0.29) is 5.69 Å². The van der Waals surface area contributed by atoms with Crippen molar-refractivity contribution in [2.75, 3.05) is 10.6 Å². The van der Waals surface area contributed by atoms with Gasteiger partial charge in [-0.2, -0.15) is 0 Å². The molecule has 0 radical (unpaired) electrons. The first-order valence-corrected chi connectivity index (χ1v) is 6.20. The third-order valence-electron chi connectivity index (χ3n) is 2.74. The number of halogens is 2. The number of amides is 2.